The summed E-state index contributed by atoms with van der Waals surface area (Å²) in [6, 6.07) is 13.4. The van der Waals surface area contributed by atoms with Crippen molar-refractivity contribution >= 4 is 5.82 Å². The van der Waals surface area contributed by atoms with E-state index in [0.29, 0.717) is 11.3 Å². The predicted molar refractivity (Wildman–Crippen MR) is 112 cm³/mol. The number of rotatable bonds is 1. The van der Waals surface area contributed by atoms with E-state index in [-0.39, 0.29) is 0 Å². The Bertz CT molecular complexity index is 957. The van der Waals surface area contributed by atoms with E-state index in [1.807, 2.05) is 6.20 Å². The van der Waals surface area contributed by atoms with Crippen LogP contribution in [-0.4, -0.2) is 4.98 Å². The van der Waals surface area contributed by atoms with Gasteiger partial charge in [0.2, 0.25) is 0 Å². The van der Waals surface area contributed by atoms with Crippen molar-refractivity contribution in [1.29, 1.82) is 0 Å². The summed E-state index contributed by atoms with van der Waals surface area (Å²) in [5.74, 6) is 1.34. The summed E-state index contributed by atoms with van der Waals surface area (Å²) in [7, 11) is 0. The van der Waals surface area contributed by atoms with E-state index in [2.05, 4.69) is 62.5 Å². The third kappa shape index (κ3) is 2.82. The Balaban J connectivity index is 1.77. The lowest BCUT2D eigenvalue weighted by molar-refractivity contribution is 0.340. The van der Waals surface area contributed by atoms with Gasteiger partial charge in [0.25, 0.3) is 0 Å². The van der Waals surface area contributed by atoms with Gasteiger partial charge in [-0.05, 0) is 72.8 Å². The Kier molecular flexibility index (Phi) is 3.79. The topological polar surface area (TPSA) is 24.9 Å². The fourth-order valence-electron chi connectivity index (χ4n) is 5.03. The zero-order valence-electron chi connectivity index (χ0n) is 16.6. The van der Waals surface area contributed by atoms with Crippen LogP contribution in [-0.2, 0) is 0 Å². The second-order valence-corrected chi connectivity index (χ2v) is 9.26. The maximum Gasteiger partial charge on any atom is 0.134 e. The number of allylic oxidation sites excluding steroid dienone is 4. The van der Waals surface area contributed by atoms with Crippen molar-refractivity contribution in [2.24, 2.45) is 5.41 Å². The number of nitrogens with one attached hydrogen (secondary N) is 1. The smallest absolute Gasteiger partial charge is 0.134 e. The number of fused-ring (bicyclic) bond motifs is 1. The molecule has 2 aromatic rings. The van der Waals surface area contributed by atoms with Gasteiger partial charge < -0.3 is 5.32 Å². The molecule has 27 heavy (non-hydrogen) atoms. The molecule has 2 heteroatoms. The van der Waals surface area contributed by atoms with E-state index >= 15 is 0 Å². The van der Waals surface area contributed by atoms with E-state index in [0.717, 1.165) is 12.2 Å². The molecular formula is C25H28N2. The number of hydrogen-bond acceptors (Lipinski definition) is 2. The van der Waals surface area contributed by atoms with Gasteiger partial charge >= 0.3 is 0 Å². The van der Waals surface area contributed by atoms with Crippen LogP contribution in [0, 0.1) is 12.3 Å². The second-order valence-electron chi connectivity index (χ2n) is 9.26. The Labute approximate surface area is 162 Å². The Morgan fingerprint density at radius 3 is 2.56 bits per heavy atom. The highest BCUT2D eigenvalue weighted by Crippen LogP contribution is 2.54. The van der Waals surface area contributed by atoms with Crippen LogP contribution in [0.1, 0.15) is 68.6 Å². The van der Waals surface area contributed by atoms with Crippen LogP contribution in [0.2, 0.25) is 0 Å². The maximum absolute atomic E-state index is 4.78. The van der Waals surface area contributed by atoms with Crippen LogP contribution >= 0.6 is 0 Å². The van der Waals surface area contributed by atoms with E-state index in [1.165, 1.54) is 48.1 Å². The zero-order chi connectivity index (χ0) is 18.6. The first-order valence-electron chi connectivity index (χ1n) is 10.2. The number of benzene rings is 1. The van der Waals surface area contributed by atoms with Crippen molar-refractivity contribution in [3.63, 3.8) is 0 Å². The van der Waals surface area contributed by atoms with Gasteiger partial charge in [-0.1, -0.05) is 49.8 Å². The van der Waals surface area contributed by atoms with E-state index in [4.69, 9.17) is 4.98 Å². The molecule has 0 amide bonds. The molecule has 1 aliphatic heterocycles. The SMILES string of the molecule is Cc1cnc2c(c1)[C@@H](c1ccccc1)C1=C(CC(C)(C)CC1=C1CCC1)N2. The first-order valence-corrected chi connectivity index (χ1v) is 10.2. The van der Waals surface area contributed by atoms with E-state index in [1.54, 1.807) is 16.7 Å². The quantitative estimate of drug-likeness (QED) is 0.630. The van der Waals surface area contributed by atoms with Crippen molar-refractivity contribution in [2.75, 3.05) is 5.32 Å². The van der Waals surface area contributed by atoms with Gasteiger partial charge in [0.05, 0.1) is 0 Å². The van der Waals surface area contributed by atoms with Crippen LogP contribution < -0.4 is 5.32 Å². The van der Waals surface area contributed by atoms with Gasteiger partial charge in [0.1, 0.15) is 5.82 Å². The van der Waals surface area contributed by atoms with Crippen LogP contribution in [0.3, 0.4) is 0 Å². The average Bonchev–Trinajstić information content (AvgIpc) is 2.58. The molecule has 1 saturated carbocycles. The zero-order valence-corrected chi connectivity index (χ0v) is 16.6. The molecule has 138 valence electrons. The molecule has 2 aliphatic carbocycles. The van der Waals surface area contributed by atoms with Crippen LogP contribution in [0.15, 0.2) is 65.0 Å². The van der Waals surface area contributed by atoms with Gasteiger partial charge in [-0.3, -0.25) is 0 Å². The minimum atomic E-state index is 0.295. The second kappa shape index (κ2) is 6.09. The lowest BCUT2D eigenvalue weighted by Crippen LogP contribution is -2.31. The van der Waals surface area contributed by atoms with Crippen molar-refractivity contribution in [1.82, 2.24) is 4.98 Å². The van der Waals surface area contributed by atoms with Crippen molar-refractivity contribution in [3.05, 3.63) is 81.7 Å². The lowest BCUT2D eigenvalue weighted by Gasteiger charge is -2.43. The Morgan fingerprint density at radius 2 is 1.85 bits per heavy atom. The largest absolute Gasteiger partial charge is 0.343 e. The Morgan fingerprint density at radius 1 is 1.07 bits per heavy atom. The minimum absolute atomic E-state index is 0.295. The number of hydrogen-bond donors (Lipinski definition) is 1. The van der Waals surface area contributed by atoms with Gasteiger partial charge in [-0.2, -0.15) is 0 Å². The van der Waals surface area contributed by atoms with Crippen LogP contribution in [0.5, 0.6) is 0 Å². The summed E-state index contributed by atoms with van der Waals surface area (Å²) in [4.78, 5) is 4.78. The summed E-state index contributed by atoms with van der Waals surface area (Å²) >= 11 is 0. The van der Waals surface area contributed by atoms with Gasteiger partial charge in [0, 0.05) is 23.4 Å². The maximum atomic E-state index is 4.78. The molecule has 1 N–H and O–H groups in total. The third-order valence-corrected chi connectivity index (χ3v) is 6.40. The Hall–Kier alpha value is -2.35. The predicted octanol–water partition coefficient (Wildman–Crippen LogP) is 6.50. The number of anilines is 1. The first-order chi connectivity index (χ1) is 13.0. The molecule has 0 radical (unpaired) electrons. The number of nitrogens with zero attached hydrogens (tertiary/aromatic N) is 1. The van der Waals surface area contributed by atoms with Crippen LogP contribution in [0.25, 0.3) is 0 Å². The summed E-state index contributed by atoms with van der Waals surface area (Å²) in [5, 5.41) is 3.75. The number of pyridine rings is 1. The highest BCUT2D eigenvalue weighted by molar-refractivity contribution is 5.68. The molecular weight excluding hydrogens is 328 g/mol. The average molecular weight is 357 g/mol. The molecule has 1 fully saturated rings. The number of aromatic nitrogens is 1. The summed E-state index contributed by atoms with van der Waals surface area (Å²) in [5.41, 5.74) is 10.5. The van der Waals surface area contributed by atoms with Crippen molar-refractivity contribution in [2.45, 2.75) is 58.8 Å². The van der Waals surface area contributed by atoms with E-state index < -0.39 is 0 Å². The molecule has 0 spiro atoms. The van der Waals surface area contributed by atoms with Crippen LogP contribution in [0.4, 0.5) is 5.82 Å². The molecule has 5 rings (SSSR count). The van der Waals surface area contributed by atoms with E-state index in [9.17, 15) is 0 Å². The molecule has 0 saturated heterocycles. The van der Waals surface area contributed by atoms with Gasteiger partial charge in [-0.15, -0.1) is 0 Å². The molecule has 0 unspecified atom stereocenters. The molecule has 0 bridgehead atoms. The third-order valence-electron chi connectivity index (χ3n) is 6.40. The summed E-state index contributed by atoms with van der Waals surface area (Å²) < 4.78 is 0. The molecule has 1 atom stereocenters. The first kappa shape index (κ1) is 16.8. The minimum Gasteiger partial charge on any atom is -0.343 e. The molecule has 1 aromatic heterocycles. The normalized spacial score (nSPS) is 23.3. The van der Waals surface area contributed by atoms with Crippen molar-refractivity contribution < 1.29 is 0 Å². The number of aryl methyl sites for hydroxylation is 1. The van der Waals surface area contributed by atoms with Crippen molar-refractivity contribution in [3.8, 4) is 0 Å². The standard InChI is InChI=1S/C25H28N2/c1-16-12-19-22(18-8-5-4-6-9-18)23-20(17-10-7-11-17)13-25(2,3)14-21(23)27-24(19)26-15-16/h4-6,8-9,12,15,22H,7,10-11,13-14H2,1-3H3,(H,26,27)/t22-/m1/s1. The lowest BCUT2D eigenvalue weighted by atomic mass is 9.64. The molecule has 2 nitrogen and oxygen atoms in total. The molecule has 3 aliphatic rings. The monoisotopic (exact) mass is 356 g/mol. The van der Waals surface area contributed by atoms with Gasteiger partial charge in [0.15, 0.2) is 0 Å². The van der Waals surface area contributed by atoms with Gasteiger partial charge in [-0.25, -0.2) is 4.98 Å². The summed E-state index contributed by atoms with van der Waals surface area (Å²) in [6.45, 7) is 6.97. The fourth-order valence-corrected chi connectivity index (χ4v) is 5.03. The molecule has 1 aromatic carbocycles. The molecule has 2 heterocycles. The highest BCUT2D eigenvalue weighted by atomic mass is 15.0. The fraction of sp³-hybridized carbons (Fsp3) is 0.400. The highest BCUT2D eigenvalue weighted by Gasteiger charge is 2.40. The summed E-state index contributed by atoms with van der Waals surface area (Å²) in [6.07, 6.45) is 8.19.